The van der Waals surface area contributed by atoms with Gasteiger partial charge in [-0.05, 0) is 32.0 Å². The molecule has 9 heteroatoms. The molecule has 0 atom stereocenters. The Morgan fingerprint density at radius 1 is 1.26 bits per heavy atom. The quantitative estimate of drug-likeness (QED) is 0.710. The number of nitrogens with zero attached hydrogens (tertiary/aromatic N) is 1. The summed E-state index contributed by atoms with van der Waals surface area (Å²) in [4.78, 5) is 4.28. The summed E-state index contributed by atoms with van der Waals surface area (Å²) in [7, 11) is -1.96. The van der Waals surface area contributed by atoms with Gasteiger partial charge in [0.05, 0.1) is 23.8 Å². The lowest BCUT2D eigenvalue weighted by Gasteiger charge is -2.14. The molecule has 0 bridgehead atoms. The molecule has 2 aromatic rings. The minimum atomic E-state index is -3.59. The van der Waals surface area contributed by atoms with E-state index >= 15 is 0 Å². The SMILES string of the molecule is CCOP(=O)(OCC)c1nc(-c2ccc(Cl)cc2Cl)oc1NC. The van der Waals surface area contributed by atoms with Crippen molar-refractivity contribution in [1.29, 1.82) is 0 Å². The fourth-order valence-electron chi connectivity index (χ4n) is 1.94. The van der Waals surface area contributed by atoms with Crippen molar-refractivity contribution in [1.82, 2.24) is 4.98 Å². The number of hydrogen-bond acceptors (Lipinski definition) is 6. The molecule has 126 valence electrons. The number of hydrogen-bond donors (Lipinski definition) is 1. The van der Waals surface area contributed by atoms with E-state index in [1.165, 1.54) is 0 Å². The molecule has 0 saturated carbocycles. The van der Waals surface area contributed by atoms with E-state index in [0.717, 1.165) is 0 Å². The molecule has 0 spiro atoms. The zero-order chi connectivity index (χ0) is 17.0. The van der Waals surface area contributed by atoms with E-state index in [4.69, 9.17) is 36.7 Å². The summed E-state index contributed by atoms with van der Waals surface area (Å²) in [5.41, 5.74) is 0.614. The second-order valence-electron chi connectivity index (χ2n) is 4.38. The summed E-state index contributed by atoms with van der Waals surface area (Å²) >= 11 is 12.1. The predicted octanol–water partition coefficient (Wildman–Crippen LogP) is 4.58. The zero-order valence-corrected chi connectivity index (χ0v) is 15.3. The number of nitrogens with one attached hydrogen (secondary N) is 1. The number of anilines is 1. The number of oxazole rings is 1. The van der Waals surface area contributed by atoms with Crippen molar-refractivity contribution in [2.24, 2.45) is 0 Å². The summed E-state index contributed by atoms with van der Waals surface area (Å²) in [5, 5.41) is 3.67. The largest absolute Gasteiger partial charge is 0.420 e. The smallest absolute Gasteiger partial charge is 0.385 e. The molecular formula is C14H17Cl2N2O4P. The minimum Gasteiger partial charge on any atom is -0.420 e. The fourth-order valence-corrected chi connectivity index (χ4v) is 4.05. The van der Waals surface area contributed by atoms with Gasteiger partial charge >= 0.3 is 7.60 Å². The third kappa shape index (κ3) is 3.90. The maximum absolute atomic E-state index is 12.9. The molecule has 0 radical (unpaired) electrons. The van der Waals surface area contributed by atoms with Crippen LogP contribution in [-0.4, -0.2) is 25.2 Å². The molecule has 0 fully saturated rings. The molecule has 0 aliphatic rings. The van der Waals surface area contributed by atoms with Crippen LogP contribution in [0.4, 0.5) is 5.88 Å². The Kier molecular flexibility index (Phi) is 6.12. The lowest BCUT2D eigenvalue weighted by atomic mass is 10.2. The van der Waals surface area contributed by atoms with Crippen LogP contribution in [0.1, 0.15) is 13.8 Å². The van der Waals surface area contributed by atoms with Crippen LogP contribution in [0.15, 0.2) is 22.6 Å². The van der Waals surface area contributed by atoms with E-state index in [2.05, 4.69) is 10.3 Å². The Hall–Kier alpha value is -1.04. The molecule has 0 aliphatic carbocycles. The number of halogens is 2. The van der Waals surface area contributed by atoms with E-state index < -0.39 is 7.60 Å². The topological polar surface area (TPSA) is 73.6 Å². The Morgan fingerprint density at radius 3 is 2.43 bits per heavy atom. The van der Waals surface area contributed by atoms with Gasteiger partial charge in [-0.2, -0.15) is 4.98 Å². The van der Waals surface area contributed by atoms with Gasteiger partial charge < -0.3 is 18.8 Å². The maximum atomic E-state index is 12.9. The average Bonchev–Trinajstić information content (AvgIpc) is 2.92. The van der Waals surface area contributed by atoms with Crippen molar-refractivity contribution >= 4 is 42.1 Å². The van der Waals surface area contributed by atoms with Crippen LogP contribution in [-0.2, 0) is 13.6 Å². The van der Waals surface area contributed by atoms with E-state index in [1.807, 2.05) is 0 Å². The maximum Gasteiger partial charge on any atom is 0.385 e. The molecule has 0 amide bonds. The normalized spacial score (nSPS) is 11.7. The summed E-state index contributed by atoms with van der Waals surface area (Å²) in [5.74, 6) is 0.405. The van der Waals surface area contributed by atoms with Crippen LogP contribution in [0.25, 0.3) is 11.5 Å². The molecule has 1 aromatic carbocycles. The van der Waals surface area contributed by atoms with Crippen LogP contribution < -0.4 is 10.8 Å². The van der Waals surface area contributed by atoms with Crippen LogP contribution in [0.5, 0.6) is 0 Å². The summed E-state index contributed by atoms with van der Waals surface area (Å²) < 4.78 is 29.2. The molecule has 1 N–H and O–H groups in total. The van der Waals surface area contributed by atoms with Crippen molar-refractivity contribution in [2.75, 3.05) is 25.6 Å². The number of benzene rings is 1. The van der Waals surface area contributed by atoms with Gasteiger partial charge in [0.25, 0.3) is 0 Å². The summed E-state index contributed by atoms with van der Waals surface area (Å²) in [6.07, 6.45) is 0. The highest BCUT2D eigenvalue weighted by atomic mass is 35.5. The van der Waals surface area contributed by atoms with Gasteiger partial charge in [-0.1, -0.05) is 23.2 Å². The van der Waals surface area contributed by atoms with Gasteiger partial charge in [-0.15, -0.1) is 0 Å². The van der Waals surface area contributed by atoms with E-state index in [0.29, 0.717) is 15.6 Å². The first kappa shape index (κ1) is 18.3. The highest BCUT2D eigenvalue weighted by Gasteiger charge is 2.35. The highest BCUT2D eigenvalue weighted by Crippen LogP contribution is 2.49. The molecule has 1 heterocycles. The summed E-state index contributed by atoms with van der Waals surface area (Å²) in [6.45, 7) is 3.87. The molecule has 2 rings (SSSR count). The molecule has 1 aromatic heterocycles. The predicted molar refractivity (Wildman–Crippen MR) is 92.0 cm³/mol. The zero-order valence-electron chi connectivity index (χ0n) is 12.9. The average molecular weight is 379 g/mol. The highest BCUT2D eigenvalue weighted by molar-refractivity contribution is 7.62. The molecule has 23 heavy (non-hydrogen) atoms. The third-order valence-corrected chi connectivity index (χ3v) is 5.42. The monoisotopic (exact) mass is 378 g/mol. The first-order chi connectivity index (χ1) is 10.9. The Labute approximate surface area is 144 Å². The minimum absolute atomic E-state index is 0.0877. The third-order valence-electron chi connectivity index (χ3n) is 2.86. The van der Waals surface area contributed by atoms with Gasteiger partial charge in [0.15, 0.2) is 0 Å². The van der Waals surface area contributed by atoms with Crippen molar-refractivity contribution < 1.29 is 18.0 Å². The molecule has 0 aliphatic heterocycles. The van der Waals surface area contributed by atoms with Crippen LogP contribution in [0, 0.1) is 0 Å². The fraction of sp³-hybridized carbons (Fsp3) is 0.357. The first-order valence-electron chi connectivity index (χ1n) is 6.98. The second kappa shape index (κ2) is 7.69. The van der Waals surface area contributed by atoms with Crippen molar-refractivity contribution in [2.45, 2.75) is 13.8 Å². The Morgan fingerprint density at radius 2 is 1.91 bits per heavy atom. The lowest BCUT2D eigenvalue weighted by molar-refractivity contribution is 0.229. The van der Waals surface area contributed by atoms with Crippen molar-refractivity contribution in [3.05, 3.63) is 28.2 Å². The van der Waals surface area contributed by atoms with Gasteiger partial charge in [-0.3, -0.25) is 4.57 Å². The van der Waals surface area contributed by atoms with Crippen LogP contribution >= 0.6 is 30.8 Å². The summed E-state index contributed by atoms with van der Waals surface area (Å²) in [6, 6.07) is 4.91. The van der Waals surface area contributed by atoms with E-state index in [1.54, 1.807) is 39.1 Å². The Balaban J connectivity index is 2.54. The molecular weight excluding hydrogens is 362 g/mol. The standard InChI is InChI=1S/C14H17Cl2N2O4P/c1-4-20-23(19,21-5-2)14-13(17-3)22-12(18-14)10-7-6-9(15)8-11(10)16/h6-8,17H,4-5H2,1-3H3. The van der Waals surface area contributed by atoms with Gasteiger partial charge in [0.1, 0.15) is 0 Å². The van der Waals surface area contributed by atoms with Gasteiger partial charge in [-0.25, -0.2) is 0 Å². The number of aromatic nitrogens is 1. The molecule has 0 unspecified atom stereocenters. The van der Waals surface area contributed by atoms with Crippen molar-refractivity contribution in [3.8, 4) is 11.5 Å². The van der Waals surface area contributed by atoms with Gasteiger partial charge in [0, 0.05) is 12.1 Å². The molecule has 0 saturated heterocycles. The Bertz CT molecular complexity index is 726. The lowest BCUT2D eigenvalue weighted by Crippen LogP contribution is -2.15. The number of rotatable bonds is 7. The van der Waals surface area contributed by atoms with E-state index in [-0.39, 0.29) is 30.4 Å². The first-order valence-corrected chi connectivity index (χ1v) is 9.28. The van der Waals surface area contributed by atoms with Crippen LogP contribution in [0.3, 0.4) is 0 Å². The molecule has 6 nitrogen and oxygen atoms in total. The van der Waals surface area contributed by atoms with Gasteiger partial charge in [0.2, 0.25) is 17.2 Å². The van der Waals surface area contributed by atoms with Crippen molar-refractivity contribution in [3.63, 3.8) is 0 Å². The second-order valence-corrected chi connectivity index (χ2v) is 7.16. The van der Waals surface area contributed by atoms with E-state index in [9.17, 15) is 4.57 Å². The van der Waals surface area contributed by atoms with Crippen LogP contribution in [0.2, 0.25) is 10.0 Å².